The van der Waals surface area contributed by atoms with Crippen LogP contribution in [0.5, 0.6) is 0 Å². The van der Waals surface area contributed by atoms with E-state index in [0.29, 0.717) is 0 Å². The first-order valence-corrected chi connectivity index (χ1v) is 4.05. The molecule has 1 heterocycles. The molecule has 5 nitrogen and oxygen atoms in total. The molecule has 0 spiro atoms. The zero-order chi connectivity index (χ0) is 9.68. The zero-order valence-electron chi connectivity index (χ0n) is 7.10. The Morgan fingerprint density at radius 2 is 2.38 bits per heavy atom. The molecule has 0 aliphatic rings. The number of H-pyrrole nitrogens is 1. The smallest absolute Gasteiger partial charge is 0.203 e. The van der Waals surface area contributed by atoms with Crippen LogP contribution >= 0.6 is 0 Å². The van der Waals surface area contributed by atoms with E-state index >= 15 is 0 Å². The summed E-state index contributed by atoms with van der Waals surface area (Å²) in [6.07, 6.45) is 3.28. The van der Waals surface area contributed by atoms with Crippen molar-refractivity contribution in [2.24, 2.45) is 5.92 Å². The van der Waals surface area contributed by atoms with Gasteiger partial charge < -0.3 is 15.2 Å². The first-order chi connectivity index (χ1) is 6.29. The molecule has 0 saturated carbocycles. The van der Waals surface area contributed by atoms with Gasteiger partial charge in [0.1, 0.15) is 0 Å². The van der Waals surface area contributed by atoms with Crippen LogP contribution in [0.4, 0.5) is 0 Å². The van der Waals surface area contributed by atoms with Crippen molar-refractivity contribution in [3.05, 3.63) is 18.2 Å². The number of carbonyl (C=O) groups excluding carboxylic acids is 1. The maximum absolute atomic E-state index is 11.5. The number of hydrogen-bond acceptors (Lipinski definition) is 4. The number of aliphatic hydroxyl groups is 2. The number of ketones is 1. The lowest BCUT2D eigenvalue weighted by Crippen LogP contribution is -2.21. The monoisotopic (exact) mass is 184 g/mol. The maximum atomic E-state index is 11.5. The Kier molecular flexibility index (Phi) is 3.60. The lowest BCUT2D eigenvalue weighted by molar-refractivity contribution is 0.0814. The molecule has 0 radical (unpaired) electrons. The van der Waals surface area contributed by atoms with Gasteiger partial charge in [0.05, 0.1) is 12.5 Å². The van der Waals surface area contributed by atoms with Gasteiger partial charge >= 0.3 is 0 Å². The molecule has 0 fully saturated rings. The number of nitrogens with zero attached hydrogens (tertiary/aromatic N) is 1. The molecule has 0 aromatic carbocycles. The van der Waals surface area contributed by atoms with Crippen molar-refractivity contribution < 1.29 is 15.0 Å². The number of aromatic amines is 1. The van der Waals surface area contributed by atoms with Crippen LogP contribution in [0, 0.1) is 5.92 Å². The van der Waals surface area contributed by atoms with Crippen molar-refractivity contribution in [1.29, 1.82) is 0 Å². The highest BCUT2D eigenvalue weighted by Gasteiger charge is 2.20. The Labute approximate surface area is 75.4 Å². The minimum absolute atomic E-state index is 0.113. The van der Waals surface area contributed by atoms with Crippen LogP contribution in [-0.2, 0) is 0 Å². The average molecular weight is 184 g/mol. The minimum atomic E-state index is -0.559. The average Bonchev–Trinajstić information content (AvgIpc) is 2.65. The van der Waals surface area contributed by atoms with Gasteiger partial charge in [0.2, 0.25) is 5.78 Å². The Hall–Kier alpha value is -1.20. The van der Waals surface area contributed by atoms with Crippen LogP contribution in [0.1, 0.15) is 17.0 Å². The largest absolute Gasteiger partial charge is 0.396 e. The molecule has 13 heavy (non-hydrogen) atoms. The van der Waals surface area contributed by atoms with Crippen LogP contribution in [0.2, 0.25) is 0 Å². The van der Waals surface area contributed by atoms with Gasteiger partial charge in [0.25, 0.3) is 0 Å². The molecule has 1 aromatic heterocycles. The van der Waals surface area contributed by atoms with Gasteiger partial charge in [-0.2, -0.15) is 0 Å². The fourth-order valence-corrected chi connectivity index (χ4v) is 1.05. The minimum Gasteiger partial charge on any atom is -0.396 e. The second-order valence-corrected chi connectivity index (χ2v) is 2.69. The summed E-state index contributed by atoms with van der Waals surface area (Å²) in [5.41, 5.74) is 0. The number of nitrogens with one attached hydrogen (secondary N) is 1. The molecular weight excluding hydrogens is 172 g/mol. The molecule has 0 saturated heterocycles. The summed E-state index contributed by atoms with van der Waals surface area (Å²) in [6.45, 7) is -0.377. The first-order valence-electron chi connectivity index (χ1n) is 4.05. The summed E-state index contributed by atoms with van der Waals surface area (Å²) in [4.78, 5) is 17.9. The second kappa shape index (κ2) is 4.74. The molecule has 5 heteroatoms. The Bertz CT molecular complexity index is 258. The molecule has 0 aliphatic carbocycles. The van der Waals surface area contributed by atoms with Crippen LogP contribution < -0.4 is 0 Å². The van der Waals surface area contributed by atoms with Crippen LogP contribution in [0.15, 0.2) is 12.4 Å². The normalized spacial score (nSPS) is 12.8. The van der Waals surface area contributed by atoms with Gasteiger partial charge in [-0.15, -0.1) is 0 Å². The molecule has 1 aromatic rings. The van der Waals surface area contributed by atoms with E-state index in [2.05, 4.69) is 9.97 Å². The zero-order valence-corrected chi connectivity index (χ0v) is 7.10. The molecule has 1 rings (SSSR count). The first kappa shape index (κ1) is 9.88. The van der Waals surface area contributed by atoms with Gasteiger partial charge in [-0.3, -0.25) is 4.79 Å². The van der Waals surface area contributed by atoms with E-state index in [1.165, 1.54) is 6.20 Å². The summed E-state index contributed by atoms with van der Waals surface area (Å²) in [7, 11) is 0. The van der Waals surface area contributed by atoms with Crippen molar-refractivity contribution in [3.63, 3.8) is 0 Å². The van der Waals surface area contributed by atoms with Crippen LogP contribution in [-0.4, -0.2) is 39.2 Å². The van der Waals surface area contributed by atoms with Crippen molar-refractivity contribution >= 4 is 5.78 Å². The Morgan fingerprint density at radius 1 is 1.62 bits per heavy atom. The molecule has 0 bridgehead atoms. The maximum Gasteiger partial charge on any atom is 0.203 e. The lowest BCUT2D eigenvalue weighted by atomic mass is 10.0. The number of imidazole rings is 1. The summed E-state index contributed by atoms with van der Waals surface area (Å²) in [5.74, 6) is -0.592. The highest BCUT2D eigenvalue weighted by Crippen LogP contribution is 2.07. The number of aliphatic hydroxyl groups excluding tert-OH is 2. The molecule has 1 atom stereocenters. The third-order valence-electron chi connectivity index (χ3n) is 1.80. The Balaban J connectivity index is 2.65. The van der Waals surface area contributed by atoms with E-state index in [-0.39, 0.29) is 31.2 Å². The molecule has 0 aliphatic heterocycles. The summed E-state index contributed by atoms with van der Waals surface area (Å²) in [5, 5.41) is 17.5. The van der Waals surface area contributed by atoms with Gasteiger partial charge in [0, 0.05) is 19.0 Å². The van der Waals surface area contributed by atoms with E-state index < -0.39 is 5.92 Å². The fraction of sp³-hybridized carbons (Fsp3) is 0.500. The molecule has 1 unspecified atom stereocenters. The number of aromatic nitrogens is 2. The van der Waals surface area contributed by atoms with Crippen molar-refractivity contribution in [1.82, 2.24) is 9.97 Å². The van der Waals surface area contributed by atoms with E-state index in [4.69, 9.17) is 10.2 Å². The second-order valence-electron chi connectivity index (χ2n) is 2.69. The molecule has 0 amide bonds. The highest BCUT2D eigenvalue weighted by atomic mass is 16.3. The number of rotatable bonds is 5. The number of Topliss-reactive ketones (excluding diaryl/α,β-unsaturated/α-hetero) is 1. The van der Waals surface area contributed by atoms with Crippen molar-refractivity contribution in [2.45, 2.75) is 6.42 Å². The van der Waals surface area contributed by atoms with E-state index in [9.17, 15) is 4.79 Å². The van der Waals surface area contributed by atoms with Crippen LogP contribution in [0.25, 0.3) is 0 Å². The standard InChI is InChI=1S/C8H12N2O3/c11-4-1-6(5-12)7(13)8-9-2-3-10-8/h2-3,6,11-12H,1,4-5H2,(H,9,10). The number of carbonyl (C=O) groups is 1. The fourth-order valence-electron chi connectivity index (χ4n) is 1.05. The summed E-state index contributed by atoms with van der Waals surface area (Å²) < 4.78 is 0. The highest BCUT2D eigenvalue weighted by molar-refractivity contribution is 5.94. The van der Waals surface area contributed by atoms with E-state index in [1.807, 2.05) is 0 Å². The topological polar surface area (TPSA) is 86.2 Å². The predicted octanol–water partition coefficient (Wildman–Crippen LogP) is -0.417. The lowest BCUT2D eigenvalue weighted by Gasteiger charge is -2.08. The van der Waals surface area contributed by atoms with Gasteiger partial charge in [0.15, 0.2) is 5.82 Å². The molecule has 72 valence electrons. The van der Waals surface area contributed by atoms with Crippen molar-refractivity contribution in [2.75, 3.05) is 13.2 Å². The Morgan fingerprint density at radius 3 is 2.85 bits per heavy atom. The SMILES string of the molecule is O=C(c1ncc[nH]1)C(CO)CCO. The van der Waals surface area contributed by atoms with Gasteiger partial charge in [-0.05, 0) is 6.42 Å². The molecular formula is C8H12N2O3. The third kappa shape index (κ3) is 2.37. The number of hydrogen-bond donors (Lipinski definition) is 3. The van der Waals surface area contributed by atoms with Crippen molar-refractivity contribution in [3.8, 4) is 0 Å². The predicted molar refractivity (Wildman–Crippen MR) is 45.2 cm³/mol. The van der Waals surface area contributed by atoms with Crippen LogP contribution in [0.3, 0.4) is 0 Å². The van der Waals surface area contributed by atoms with Gasteiger partial charge in [-0.25, -0.2) is 4.98 Å². The summed E-state index contributed by atoms with van der Waals surface area (Å²) in [6, 6.07) is 0. The third-order valence-corrected chi connectivity index (χ3v) is 1.80. The van der Waals surface area contributed by atoms with E-state index in [0.717, 1.165) is 0 Å². The molecule has 3 N–H and O–H groups in total. The summed E-state index contributed by atoms with van der Waals surface area (Å²) >= 11 is 0. The van der Waals surface area contributed by atoms with E-state index in [1.54, 1.807) is 6.20 Å². The van der Waals surface area contributed by atoms with Gasteiger partial charge in [-0.1, -0.05) is 0 Å². The quantitative estimate of drug-likeness (QED) is 0.542.